The molecule has 0 aliphatic carbocycles. The van der Waals surface area contributed by atoms with Crippen molar-refractivity contribution in [1.29, 1.82) is 0 Å². The summed E-state index contributed by atoms with van der Waals surface area (Å²) in [7, 11) is 0. The Morgan fingerprint density at radius 1 is 1.30 bits per heavy atom. The number of benzene rings is 1. The first kappa shape index (κ1) is 18.4. The molecule has 2 rings (SSSR count). The number of rotatable bonds is 8. The van der Waals surface area contributed by atoms with Crippen LogP contribution in [0.15, 0.2) is 30.3 Å². The number of nitrogens with zero attached hydrogens (tertiary/aromatic N) is 1. The highest BCUT2D eigenvalue weighted by molar-refractivity contribution is 5.14. The van der Waals surface area contributed by atoms with Gasteiger partial charge in [-0.1, -0.05) is 30.3 Å². The third kappa shape index (κ3) is 7.44. The number of aliphatic hydroxyl groups excluding tert-OH is 1. The second-order valence-corrected chi connectivity index (χ2v) is 7.39. The second-order valence-electron chi connectivity index (χ2n) is 7.39. The molecule has 1 saturated heterocycles. The molecule has 1 aliphatic heterocycles. The van der Waals surface area contributed by atoms with E-state index in [2.05, 4.69) is 29.2 Å². The molecule has 4 heteroatoms. The van der Waals surface area contributed by atoms with Crippen LogP contribution >= 0.6 is 0 Å². The van der Waals surface area contributed by atoms with Crippen molar-refractivity contribution in [2.45, 2.75) is 58.0 Å². The second kappa shape index (κ2) is 8.78. The van der Waals surface area contributed by atoms with E-state index < -0.39 is 6.10 Å². The van der Waals surface area contributed by atoms with Crippen molar-refractivity contribution in [1.82, 2.24) is 4.90 Å². The van der Waals surface area contributed by atoms with E-state index in [1.165, 1.54) is 5.56 Å². The highest BCUT2D eigenvalue weighted by atomic mass is 16.5. The molecule has 1 aliphatic rings. The van der Waals surface area contributed by atoms with Gasteiger partial charge >= 0.3 is 0 Å². The lowest BCUT2D eigenvalue weighted by atomic mass is 10.1. The monoisotopic (exact) mass is 321 g/mol. The van der Waals surface area contributed by atoms with E-state index in [1.807, 2.05) is 26.8 Å². The van der Waals surface area contributed by atoms with Gasteiger partial charge < -0.3 is 14.6 Å². The zero-order valence-electron chi connectivity index (χ0n) is 14.7. The summed E-state index contributed by atoms with van der Waals surface area (Å²) < 4.78 is 11.5. The average Bonchev–Trinajstić information content (AvgIpc) is 2.98. The minimum Gasteiger partial charge on any atom is -0.389 e. The van der Waals surface area contributed by atoms with Crippen LogP contribution in [-0.2, 0) is 16.0 Å². The average molecular weight is 321 g/mol. The third-order valence-electron chi connectivity index (χ3n) is 3.91. The molecule has 0 unspecified atom stereocenters. The summed E-state index contributed by atoms with van der Waals surface area (Å²) in [5.41, 5.74) is 1.04. The fraction of sp³-hybridized carbons (Fsp3) is 0.684. The van der Waals surface area contributed by atoms with Gasteiger partial charge in [0, 0.05) is 26.2 Å². The van der Waals surface area contributed by atoms with E-state index in [1.54, 1.807) is 0 Å². The lowest BCUT2D eigenvalue weighted by Crippen LogP contribution is -2.40. The van der Waals surface area contributed by atoms with Crippen LogP contribution in [0.2, 0.25) is 0 Å². The van der Waals surface area contributed by atoms with Gasteiger partial charge in [0.25, 0.3) is 0 Å². The van der Waals surface area contributed by atoms with E-state index in [-0.39, 0.29) is 11.7 Å². The summed E-state index contributed by atoms with van der Waals surface area (Å²) in [6.45, 7) is 9.54. The summed E-state index contributed by atoms with van der Waals surface area (Å²) in [5.74, 6) is 0. The molecule has 0 spiro atoms. The van der Waals surface area contributed by atoms with Crippen LogP contribution in [-0.4, -0.2) is 54.1 Å². The van der Waals surface area contributed by atoms with Gasteiger partial charge in [-0.05, 0) is 39.2 Å². The molecular weight excluding hydrogens is 290 g/mol. The third-order valence-corrected chi connectivity index (χ3v) is 3.91. The fourth-order valence-corrected chi connectivity index (χ4v) is 2.82. The van der Waals surface area contributed by atoms with E-state index in [9.17, 15) is 5.11 Å². The summed E-state index contributed by atoms with van der Waals surface area (Å²) >= 11 is 0. The summed E-state index contributed by atoms with van der Waals surface area (Å²) in [6, 6.07) is 10.4. The minimum atomic E-state index is -0.487. The molecule has 0 saturated carbocycles. The topological polar surface area (TPSA) is 41.9 Å². The molecule has 0 amide bonds. The fourth-order valence-electron chi connectivity index (χ4n) is 2.82. The van der Waals surface area contributed by atoms with E-state index in [4.69, 9.17) is 9.47 Å². The molecule has 0 aromatic heterocycles. The molecule has 23 heavy (non-hydrogen) atoms. The van der Waals surface area contributed by atoms with Gasteiger partial charge in [0.2, 0.25) is 0 Å². The normalized spacial score (nSPS) is 20.1. The summed E-state index contributed by atoms with van der Waals surface area (Å²) in [6.07, 6.45) is 2.05. The predicted octanol–water partition coefficient (Wildman–Crippen LogP) is 2.84. The molecule has 1 aromatic carbocycles. The number of ether oxygens (including phenoxy) is 2. The van der Waals surface area contributed by atoms with Crippen LogP contribution in [0.1, 0.15) is 39.2 Å². The number of aliphatic hydroxyl groups is 1. The highest BCUT2D eigenvalue weighted by Gasteiger charge is 2.22. The molecule has 1 N–H and O–H groups in total. The Morgan fingerprint density at radius 3 is 2.65 bits per heavy atom. The van der Waals surface area contributed by atoms with Gasteiger partial charge in [-0.2, -0.15) is 0 Å². The molecule has 2 atom stereocenters. The quantitative estimate of drug-likeness (QED) is 0.799. The van der Waals surface area contributed by atoms with Gasteiger partial charge in [-0.15, -0.1) is 0 Å². The van der Waals surface area contributed by atoms with Crippen molar-refractivity contribution < 1.29 is 14.6 Å². The van der Waals surface area contributed by atoms with Crippen molar-refractivity contribution in [3.8, 4) is 0 Å². The molecule has 0 radical (unpaired) electrons. The zero-order chi connectivity index (χ0) is 16.7. The Hall–Kier alpha value is -0.940. The Labute approximate surface area is 140 Å². The first-order valence-corrected chi connectivity index (χ1v) is 8.62. The van der Waals surface area contributed by atoms with Crippen molar-refractivity contribution >= 4 is 0 Å². The number of hydrogen-bond acceptors (Lipinski definition) is 4. The maximum absolute atomic E-state index is 10.3. The smallest absolute Gasteiger partial charge is 0.0900 e. The first-order chi connectivity index (χ1) is 10.9. The lowest BCUT2D eigenvalue weighted by Gasteiger charge is -2.29. The minimum absolute atomic E-state index is 0.222. The standard InChI is InChI=1S/C19H31NO3/c1-19(2,3)23-15-17(21)13-20(14-18-10-7-11-22-18)12-16-8-5-4-6-9-16/h4-6,8-9,17-18,21H,7,10-15H2,1-3H3/t17-,18+/m1/s1. The molecule has 1 fully saturated rings. The maximum atomic E-state index is 10.3. The molecule has 0 bridgehead atoms. The van der Waals surface area contributed by atoms with Gasteiger partial charge in [-0.3, -0.25) is 4.90 Å². The SMILES string of the molecule is CC(C)(C)OC[C@H](O)CN(Cc1ccccc1)C[C@@H]1CCCO1. The Balaban J connectivity index is 1.89. The Morgan fingerprint density at radius 2 is 2.04 bits per heavy atom. The molecule has 130 valence electrons. The first-order valence-electron chi connectivity index (χ1n) is 8.62. The summed E-state index contributed by atoms with van der Waals surface area (Å²) in [5, 5.41) is 10.3. The van der Waals surface area contributed by atoms with Gasteiger partial charge in [-0.25, -0.2) is 0 Å². The highest BCUT2D eigenvalue weighted by Crippen LogP contribution is 2.16. The Kier molecular flexibility index (Phi) is 7.03. The van der Waals surface area contributed by atoms with Gasteiger partial charge in [0.05, 0.1) is 24.4 Å². The Bertz CT molecular complexity index is 438. The van der Waals surface area contributed by atoms with E-state index in [0.29, 0.717) is 13.2 Å². The number of hydrogen-bond donors (Lipinski definition) is 1. The van der Waals surface area contributed by atoms with Gasteiger partial charge in [0.15, 0.2) is 0 Å². The largest absolute Gasteiger partial charge is 0.389 e. The molecule has 4 nitrogen and oxygen atoms in total. The predicted molar refractivity (Wildman–Crippen MR) is 92.4 cm³/mol. The summed E-state index contributed by atoms with van der Waals surface area (Å²) in [4.78, 5) is 2.28. The van der Waals surface area contributed by atoms with Crippen LogP contribution in [0, 0.1) is 0 Å². The van der Waals surface area contributed by atoms with Crippen LogP contribution in [0.5, 0.6) is 0 Å². The maximum Gasteiger partial charge on any atom is 0.0900 e. The van der Waals surface area contributed by atoms with Crippen LogP contribution < -0.4 is 0 Å². The molecular formula is C19H31NO3. The van der Waals surface area contributed by atoms with Gasteiger partial charge in [0.1, 0.15) is 0 Å². The van der Waals surface area contributed by atoms with Crippen molar-refractivity contribution in [3.05, 3.63) is 35.9 Å². The van der Waals surface area contributed by atoms with Crippen LogP contribution in [0.25, 0.3) is 0 Å². The van der Waals surface area contributed by atoms with E-state index >= 15 is 0 Å². The van der Waals surface area contributed by atoms with Crippen LogP contribution in [0.4, 0.5) is 0 Å². The zero-order valence-corrected chi connectivity index (χ0v) is 14.7. The van der Waals surface area contributed by atoms with E-state index in [0.717, 1.165) is 32.5 Å². The molecule has 1 heterocycles. The van der Waals surface area contributed by atoms with Crippen molar-refractivity contribution in [2.75, 3.05) is 26.3 Å². The molecule has 1 aromatic rings. The van der Waals surface area contributed by atoms with Crippen molar-refractivity contribution in [2.24, 2.45) is 0 Å². The lowest BCUT2D eigenvalue weighted by molar-refractivity contribution is -0.0594. The van der Waals surface area contributed by atoms with Crippen LogP contribution in [0.3, 0.4) is 0 Å². The van der Waals surface area contributed by atoms with Crippen molar-refractivity contribution in [3.63, 3.8) is 0 Å².